The van der Waals surface area contributed by atoms with Crippen LogP contribution in [0.25, 0.3) is 0 Å². The molecule has 0 aromatic heterocycles. The van der Waals surface area contributed by atoms with Crippen LogP contribution in [0.15, 0.2) is 12.2 Å². The summed E-state index contributed by atoms with van der Waals surface area (Å²) in [5, 5.41) is 21.4. The van der Waals surface area contributed by atoms with Gasteiger partial charge in [-0.2, -0.15) is 0 Å². The number of aliphatic hydroxyl groups is 2. The SMILES string of the molecule is CCCCCCCC/C=C\CCCCCCCCC(CO)(CCCCCCCCCCCCCCCCCC)N(CCO)CCCCCCCCCCCCCCCCCC. The minimum Gasteiger partial charge on any atom is -0.395 e. The molecule has 0 radical (unpaired) electrons. The Labute approximate surface area is 386 Å². The van der Waals surface area contributed by atoms with Gasteiger partial charge in [0, 0.05) is 12.1 Å². The van der Waals surface area contributed by atoms with Gasteiger partial charge in [-0.15, -0.1) is 0 Å². The molecule has 366 valence electrons. The van der Waals surface area contributed by atoms with Crippen LogP contribution in [0.2, 0.25) is 0 Å². The quantitative estimate of drug-likeness (QED) is 0.0473. The summed E-state index contributed by atoms with van der Waals surface area (Å²) in [4.78, 5) is 2.56. The number of β-amino-alcohol motifs (C(OH)–C–C–N with tert-alkyl or cyclic N) is 1. The third-order valence-corrected chi connectivity index (χ3v) is 14.3. The lowest BCUT2D eigenvalue weighted by molar-refractivity contribution is 0.000377. The smallest absolute Gasteiger partial charge is 0.0615 e. The topological polar surface area (TPSA) is 43.7 Å². The fourth-order valence-electron chi connectivity index (χ4n) is 9.96. The zero-order valence-electron chi connectivity index (χ0n) is 42.8. The highest BCUT2D eigenvalue weighted by atomic mass is 16.3. The van der Waals surface area contributed by atoms with Crippen LogP contribution in [0.1, 0.15) is 329 Å². The molecule has 0 aromatic carbocycles. The molecule has 0 saturated heterocycles. The van der Waals surface area contributed by atoms with Crippen LogP contribution in [0.5, 0.6) is 0 Å². The molecule has 3 heteroatoms. The van der Waals surface area contributed by atoms with E-state index >= 15 is 0 Å². The van der Waals surface area contributed by atoms with E-state index in [9.17, 15) is 10.2 Å². The Morgan fingerprint density at radius 2 is 0.541 bits per heavy atom. The summed E-state index contributed by atoms with van der Waals surface area (Å²) in [5.41, 5.74) is -0.158. The first-order valence-corrected chi connectivity index (χ1v) is 28.8. The molecule has 1 atom stereocenters. The fourth-order valence-corrected chi connectivity index (χ4v) is 9.96. The molecule has 2 N–H and O–H groups in total. The minimum atomic E-state index is -0.158. The van der Waals surface area contributed by atoms with Crippen LogP contribution in [0.4, 0.5) is 0 Å². The molecular formula is C58H117NO2. The summed E-state index contributed by atoms with van der Waals surface area (Å²) in [5.74, 6) is 0. The first kappa shape index (κ1) is 60.6. The molecule has 0 bridgehead atoms. The Balaban J connectivity index is 4.58. The molecule has 0 aliphatic rings. The van der Waals surface area contributed by atoms with E-state index in [-0.39, 0.29) is 18.8 Å². The predicted molar refractivity (Wildman–Crippen MR) is 276 cm³/mol. The van der Waals surface area contributed by atoms with Gasteiger partial charge in [-0.3, -0.25) is 4.90 Å². The highest BCUT2D eigenvalue weighted by Crippen LogP contribution is 2.31. The average Bonchev–Trinajstić information content (AvgIpc) is 3.27. The zero-order valence-corrected chi connectivity index (χ0v) is 42.8. The normalized spacial score (nSPS) is 13.0. The summed E-state index contributed by atoms with van der Waals surface area (Å²) in [6, 6.07) is 0. The maximum absolute atomic E-state index is 11.1. The molecule has 0 rings (SSSR count). The molecule has 0 heterocycles. The Bertz CT molecular complexity index is 814. The second-order valence-corrected chi connectivity index (χ2v) is 20.1. The molecule has 0 fully saturated rings. The highest BCUT2D eigenvalue weighted by Gasteiger charge is 2.34. The van der Waals surface area contributed by atoms with Gasteiger partial charge in [0.15, 0.2) is 0 Å². The standard InChI is InChI=1S/C58H117NO2/c1-4-7-10-13-16-19-22-25-28-31-34-37-40-43-46-49-52-58(57-61,53-50-47-44-41-38-35-32-29-26-23-20-17-14-11-8-5-2)59(55-56-60)54-51-48-45-42-39-36-33-30-27-24-21-18-15-12-9-6-3/h25,28,60-61H,4-24,26-27,29-57H2,1-3H3/b28-25-. The van der Waals surface area contributed by atoms with E-state index in [1.54, 1.807) is 0 Å². The lowest BCUT2D eigenvalue weighted by Gasteiger charge is -2.43. The molecule has 61 heavy (non-hydrogen) atoms. The molecule has 0 aromatic rings. The van der Waals surface area contributed by atoms with Gasteiger partial charge in [-0.05, 0) is 51.5 Å². The molecule has 0 aliphatic heterocycles. The highest BCUT2D eigenvalue weighted by molar-refractivity contribution is 4.90. The molecule has 1 unspecified atom stereocenters. The predicted octanol–water partition coefficient (Wildman–Crippen LogP) is 19.4. The molecule has 0 saturated carbocycles. The van der Waals surface area contributed by atoms with Gasteiger partial charge in [-0.25, -0.2) is 0 Å². The number of hydrogen-bond acceptors (Lipinski definition) is 3. The van der Waals surface area contributed by atoms with Crippen molar-refractivity contribution in [2.24, 2.45) is 0 Å². The van der Waals surface area contributed by atoms with Gasteiger partial charge < -0.3 is 10.2 Å². The lowest BCUT2D eigenvalue weighted by Crippen LogP contribution is -2.53. The number of allylic oxidation sites excluding steroid dienone is 2. The van der Waals surface area contributed by atoms with E-state index < -0.39 is 0 Å². The Morgan fingerprint density at radius 1 is 0.295 bits per heavy atom. The molecule has 0 amide bonds. The summed E-state index contributed by atoms with van der Waals surface area (Å²) in [6.07, 6.45) is 70.4. The zero-order chi connectivity index (χ0) is 44.3. The van der Waals surface area contributed by atoms with Crippen molar-refractivity contribution in [3.05, 3.63) is 12.2 Å². The van der Waals surface area contributed by atoms with Crippen molar-refractivity contribution in [1.82, 2.24) is 4.90 Å². The van der Waals surface area contributed by atoms with Crippen molar-refractivity contribution in [1.29, 1.82) is 0 Å². The van der Waals surface area contributed by atoms with Crippen LogP contribution >= 0.6 is 0 Å². The average molecular weight is 861 g/mol. The third kappa shape index (κ3) is 43.3. The molecule has 0 spiro atoms. The van der Waals surface area contributed by atoms with E-state index in [0.717, 1.165) is 19.4 Å². The van der Waals surface area contributed by atoms with E-state index in [0.29, 0.717) is 6.54 Å². The fraction of sp³-hybridized carbons (Fsp3) is 0.966. The van der Waals surface area contributed by atoms with Crippen LogP contribution in [-0.2, 0) is 0 Å². The third-order valence-electron chi connectivity index (χ3n) is 14.3. The van der Waals surface area contributed by atoms with Crippen molar-refractivity contribution in [3.63, 3.8) is 0 Å². The summed E-state index contributed by atoms with van der Waals surface area (Å²) in [7, 11) is 0. The van der Waals surface area contributed by atoms with Crippen LogP contribution in [0.3, 0.4) is 0 Å². The summed E-state index contributed by atoms with van der Waals surface area (Å²) in [6.45, 7) is 9.10. The first-order chi connectivity index (χ1) is 30.2. The van der Waals surface area contributed by atoms with Gasteiger partial charge >= 0.3 is 0 Å². The Kier molecular flexibility index (Phi) is 51.9. The molecule has 0 aliphatic carbocycles. The van der Waals surface area contributed by atoms with Crippen LogP contribution in [0, 0.1) is 0 Å². The molecular weight excluding hydrogens is 743 g/mol. The van der Waals surface area contributed by atoms with Gasteiger partial charge in [0.05, 0.1) is 13.2 Å². The Morgan fingerprint density at radius 3 is 0.803 bits per heavy atom. The van der Waals surface area contributed by atoms with E-state index in [1.165, 1.54) is 295 Å². The number of nitrogens with zero attached hydrogens (tertiary/aromatic N) is 1. The largest absolute Gasteiger partial charge is 0.395 e. The van der Waals surface area contributed by atoms with Gasteiger partial charge in [0.2, 0.25) is 0 Å². The van der Waals surface area contributed by atoms with Crippen molar-refractivity contribution in [3.8, 4) is 0 Å². The maximum Gasteiger partial charge on any atom is 0.0615 e. The number of aliphatic hydroxyl groups excluding tert-OH is 2. The van der Waals surface area contributed by atoms with E-state index in [1.807, 2.05) is 0 Å². The van der Waals surface area contributed by atoms with Crippen molar-refractivity contribution < 1.29 is 10.2 Å². The van der Waals surface area contributed by atoms with Crippen LogP contribution in [-0.4, -0.2) is 47.0 Å². The maximum atomic E-state index is 11.1. The number of rotatable bonds is 54. The number of unbranched alkanes of at least 4 members (excludes halogenated alkanes) is 42. The number of hydrogen-bond donors (Lipinski definition) is 2. The monoisotopic (exact) mass is 860 g/mol. The second kappa shape index (κ2) is 52.2. The van der Waals surface area contributed by atoms with Gasteiger partial charge in [0.25, 0.3) is 0 Å². The van der Waals surface area contributed by atoms with Gasteiger partial charge in [0.1, 0.15) is 0 Å². The van der Waals surface area contributed by atoms with E-state index in [4.69, 9.17) is 0 Å². The first-order valence-electron chi connectivity index (χ1n) is 28.8. The summed E-state index contributed by atoms with van der Waals surface area (Å²) >= 11 is 0. The summed E-state index contributed by atoms with van der Waals surface area (Å²) < 4.78 is 0. The van der Waals surface area contributed by atoms with Crippen LogP contribution < -0.4 is 0 Å². The van der Waals surface area contributed by atoms with Gasteiger partial charge in [-0.1, -0.05) is 296 Å². The molecule has 3 nitrogen and oxygen atoms in total. The Hall–Kier alpha value is -0.380. The van der Waals surface area contributed by atoms with E-state index in [2.05, 4.69) is 37.8 Å². The lowest BCUT2D eigenvalue weighted by atomic mass is 9.84. The van der Waals surface area contributed by atoms with Crippen molar-refractivity contribution >= 4 is 0 Å². The second-order valence-electron chi connectivity index (χ2n) is 20.1. The minimum absolute atomic E-state index is 0.158. The van der Waals surface area contributed by atoms with Crippen molar-refractivity contribution in [2.45, 2.75) is 335 Å². The van der Waals surface area contributed by atoms with Crippen molar-refractivity contribution in [2.75, 3.05) is 26.3 Å².